The third kappa shape index (κ3) is 3.04. The highest BCUT2D eigenvalue weighted by Gasteiger charge is 2.53. The van der Waals surface area contributed by atoms with E-state index in [0.717, 1.165) is 11.6 Å². The summed E-state index contributed by atoms with van der Waals surface area (Å²) in [6.07, 6.45) is 3.86. The highest BCUT2D eigenvalue weighted by molar-refractivity contribution is 6.04. The average Bonchev–Trinajstić information content (AvgIpc) is 3.43. The van der Waals surface area contributed by atoms with Crippen LogP contribution in [0.1, 0.15) is 52.7 Å². The van der Waals surface area contributed by atoms with E-state index >= 15 is 0 Å². The Bertz CT molecular complexity index is 1140. The molecule has 0 unspecified atom stereocenters. The lowest BCUT2D eigenvalue weighted by Gasteiger charge is -2.43. The normalized spacial score (nSPS) is 27.8. The van der Waals surface area contributed by atoms with Gasteiger partial charge in [0.2, 0.25) is 0 Å². The van der Waals surface area contributed by atoms with Crippen molar-refractivity contribution in [3.63, 3.8) is 0 Å². The Morgan fingerprint density at radius 3 is 2.55 bits per heavy atom. The standard InChI is InChI=1S/C27H25FN2O/c28-21-8-4-5-9-23(21)30-27(31)19-12-13-22-20(15-19)24-17-10-11-18(14-17)25(24)26(29-22)16-6-2-1-3-7-16/h1-9,12-13,15,17-18,24-26,29H,10-11,14H2,(H,30,31)/t17-,18+,24+,25+,26-/m1/s1. The Morgan fingerprint density at radius 2 is 1.71 bits per heavy atom. The summed E-state index contributed by atoms with van der Waals surface area (Å²) in [6, 6.07) is 23.3. The minimum Gasteiger partial charge on any atom is -0.378 e. The lowest BCUT2D eigenvalue weighted by atomic mass is 9.68. The Hall–Kier alpha value is -3.14. The van der Waals surface area contributed by atoms with Crippen molar-refractivity contribution in [2.45, 2.75) is 31.2 Å². The Balaban J connectivity index is 1.36. The van der Waals surface area contributed by atoms with Crippen molar-refractivity contribution >= 4 is 17.3 Å². The van der Waals surface area contributed by atoms with E-state index in [2.05, 4.69) is 41.0 Å². The molecule has 3 aliphatic rings. The second-order valence-corrected chi connectivity index (χ2v) is 9.21. The predicted molar refractivity (Wildman–Crippen MR) is 121 cm³/mol. The number of hydrogen-bond acceptors (Lipinski definition) is 2. The topological polar surface area (TPSA) is 41.1 Å². The number of para-hydroxylation sites is 1. The summed E-state index contributed by atoms with van der Waals surface area (Å²) in [6.45, 7) is 0. The van der Waals surface area contributed by atoms with Crippen molar-refractivity contribution in [2.24, 2.45) is 17.8 Å². The van der Waals surface area contributed by atoms with Crippen LogP contribution in [0.15, 0.2) is 72.8 Å². The lowest BCUT2D eigenvalue weighted by Crippen LogP contribution is -2.35. The molecular formula is C27H25FN2O. The summed E-state index contributed by atoms with van der Waals surface area (Å²) >= 11 is 0. The number of fused-ring (bicyclic) bond motifs is 7. The fourth-order valence-corrected chi connectivity index (χ4v) is 6.37. The van der Waals surface area contributed by atoms with Crippen LogP contribution in [0.4, 0.5) is 15.8 Å². The van der Waals surface area contributed by atoms with Crippen molar-refractivity contribution in [1.29, 1.82) is 0 Å². The molecule has 156 valence electrons. The highest BCUT2D eigenvalue weighted by Crippen LogP contribution is 2.63. The number of benzene rings is 3. The second kappa shape index (κ2) is 7.23. The minimum absolute atomic E-state index is 0.213. The summed E-state index contributed by atoms with van der Waals surface area (Å²) in [4.78, 5) is 12.9. The maximum Gasteiger partial charge on any atom is 0.255 e. The molecule has 0 radical (unpaired) electrons. The van der Waals surface area contributed by atoms with E-state index in [9.17, 15) is 9.18 Å². The summed E-state index contributed by atoms with van der Waals surface area (Å²) < 4.78 is 14.0. The van der Waals surface area contributed by atoms with Crippen LogP contribution in [0, 0.1) is 23.6 Å². The van der Waals surface area contributed by atoms with Crippen LogP contribution in [0.25, 0.3) is 0 Å². The third-order valence-corrected chi connectivity index (χ3v) is 7.63. The van der Waals surface area contributed by atoms with Crippen molar-refractivity contribution in [3.05, 3.63) is 95.3 Å². The van der Waals surface area contributed by atoms with Gasteiger partial charge >= 0.3 is 0 Å². The van der Waals surface area contributed by atoms with E-state index in [1.165, 1.54) is 36.5 Å². The minimum atomic E-state index is -0.422. The molecule has 3 aromatic carbocycles. The van der Waals surface area contributed by atoms with Gasteiger partial charge in [-0.25, -0.2) is 4.39 Å². The number of halogens is 1. The third-order valence-electron chi connectivity index (χ3n) is 7.63. The van der Waals surface area contributed by atoms with Crippen molar-refractivity contribution in [1.82, 2.24) is 0 Å². The molecule has 1 aliphatic heterocycles. The maximum atomic E-state index is 14.0. The number of rotatable bonds is 3. The number of nitrogens with one attached hydrogen (secondary N) is 2. The van der Waals surface area contributed by atoms with Crippen LogP contribution in [-0.2, 0) is 0 Å². The first-order valence-corrected chi connectivity index (χ1v) is 11.2. The Morgan fingerprint density at radius 1 is 0.935 bits per heavy atom. The van der Waals surface area contributed by atoms with Gasteiger partial charge in [0.15, 0.2) is 0 Å². The fourth-order valence-electron chi connectivity index (χ4n) is 6.37. The first-order valence-electron chi connectivity index (χ1n) is 11.2. The SMILES string of the molecule is O=C(Nc1ccccc1F)c1ccc2c(c1)[C@@H]1[C@@H]3CC[C@@H](C3)[C@@H]1[C@@H](c1ccccc1)N2. The van der Waals surface area contributed by atoms with Gasteiger partial charge in [-0.15, -0.1) is 0 Å². The number of hydrogen-bond donors (Lipinski definition) is 2. The molecule has 2 N–H and O–H groups in total. The molecule has 0 spiro atoms. The van der Waals surface area contributed by atoms with Gasteiger partial charge in [0.25, 0.3) is 5.91 Å². The van der Waals surface area contributed by atoms with E-state index in [4.69, 9.17) is 0 Å². The van der Waals surface area contributed by atoms with Gasteiger partial charge in [-0.2, -0.15) is 0 Å². The zero-order chi connectivity index (χ0) is 20.9. The molecule has 2 aliphatic carbocycles. The van der Waals surface area contributed by atoms with Gasteiger partial charge in [0, 0.05) is 11.3 Å². The van der Waals surface area contributed by atoms with E-state index < -0.39 is 5.82 Å². The Kier molecular flexibility index (Phi) is 4.34. The largest absolute Gasteiger partial charge is 0.378 e. The lowest BCUT2D eigenvalue weighted by molar-refractivity contribution is 0.102. The monoisotopic (exact) mass is 412 g/mol. The summed E-state index contributed by atoms with van der Waals surface area (Å²) in [7, 11) is 0. The highest BCUT2D eigenvalue weighted by atomic mass is 19.1. The number of carbonyl (C=O) groups is 1. The quantitative estimate of drug-likeness (QED) is 0.524. The number of anilines is 2. The van der Waals surface area contributed by atoms with Crippen LogP contribution in [-0.4, -0.2) is 5.91 Å². The number of carbonyl (C=O) groups excluding carboxylic acids is 1. The molecule has 4 heteroatoms. The van der Waals surface area contributed by atoms with Gasteiger partial charge in [-0.1, -0.05) is 42.5 Å². The van der Waals surface area contributed by atoms with E-state index in [1.807, 2.05) is 18.2 Å². The Labute approximate surface area is 181 Å². The fraction of sp³-hybridized carbons (Fsp3) is 0.296. The summed E-state index contributed by atoms with van der Waals surface area (Å²) in [5, 5.41) is 6.53. The van der Waals surface area contributed by atoms with Gasteiger partial charge in [-0.05, 0) is 84.4 Å². The van der Waals surface area contributed by atoms with E-state index in [1.54, 1.807) is 18.2 Å². The molecule has 1 amide bonds. The molecule has 1 heterocycles. The molecule has 0 saturated heterocycles. The number of amides is 1. The smallest absolute Gasteiger partial charge is 0.255 e. The van der Waals surface area contributed by atoms with Crippen LogP contribution in [0.2, 0.25) is 0 Å². The zero-order valence-electron chi connectivity index (χ0n) is 17.2. The van der Waals surface area contributed by atoms with Crippen molar-refractivity contribution < 1.29 is 9.18 Å². The second-order valence-electron chi connectivity index (χ2n) is 9.21. The molecule has 6 rings (SSSR count). The van der Waals surface area contributed by atoms with Crippen molar-refractivity contribution in [3.8, 4) is 0 Å². The van der Waals surface area contributed by atoms with Crippen LogP contribution in [0.5, 0.6) is 0 Å². The first-order chi connectivity index (χ1) is 15.2. The van der Waals surface area contributed by atoms with Crippen LogP contribution >= 0.6 is 0 Å². The molecule has 2 bridgehead atoms. The molecule has 5 atom stereocenters. The van der Waals surface area contributed by atoms with Gasteiger partial charge in [-0.3, -0.25) is 4.79 Å². The van der Waals surface area contributed by atoms with E-state index in [-0.39, 0.29) is 11.6 Å². The zero-order valence-corrected chi connectivity index (χ0v) is 17.2. The molecule has 3 aromatic rings. The molecular weight excluding hydrogens is 387 g/mol. The molecule has 3 nitrogen and oxygen atoms in total. The van der Waals surface area contributed by atoms with Gasteiger partial charge in [0.1, 0.15) is 5.82 Å². The molecule has 0 aromatic heterocycles. The summed E-state index contributed by atoms with van der Waals surface area (Å²) in [5.74, 6) is 1.76. The van der Waals surface area contributed by atoms with Crippen LogP contribution in [0.3, 0.4) is 0 Å². The summed E-state index contributed by atoms with van der Waals surface area (Å²) in [5.41, 5.74) is 4.53. The van der Waals surface area contributed by atoms with Crippen molar-refractivity contribution in [2.75, 3.05) is 10.6 Å². The van der Waals surface area contributed by atoms with Gasteiger partial charge < -0.3 is 10.6 Å². The molecule has 31 heavy (non-hydrogen) atoms. The first kappa shape index (κ1) is 18.6. The predicted octanol–water partition coefficient (Wildman–Crippen LogP) is 6.37. The molecule has 2 fully saturated rings. The van der Waals surface area contributed by atoms with E-state index in [0.29, 0.717) is 29.4 Å². The maximum absolute atomic E-state index is 14.0. The molecule has 2 saturated carbocycles. The average molecular weight is 413 g/mol. The van der Waals surface area contributed by atoms with Gasteiger partial charge in [0.05, 0.1) is 11.7 Å². The van der Waals surface area contributed by atoms with Crippen LogP contribution < -0.4 is 10.6 Å².